The zero-order chi connectivity index (χ0) is 32.5. The van der Waals surface area contributed by atoms with E-state index >= 15 is 0 Å². The molecule has 0 spiro atoms. The zero-order valence-corrected chi connectivity index (χ0v) is 29.0. The molecule has 1 heterocycles. The molecule has 1 aliphatic heterocycles. The minimum atomic E-state index is -2.70. The van der Waals surface area contributed by atoms with E-state index in [-0.39, 0.29) is 11.0 Å². The summed E-state index contributed by atoms with van der Waals surface area (Å²) in [4.78, 5) is 52.8. The van der Waals surface area contributed by atoms with Gasteiger partial charge in [-0.3, -0.25) is 14.4 Å². The Kier molecular flexibility index (Phi) is 11.5. The van der Waals surface area contributed by atoms with Crippen LogP contribution in [-0.4, -0.2) is 70.0 Å². The molecule has 11 heteroatoms. The molecule has 0 aromatic carbocycles. The fourth-order valence-corrected chi connectivity index (χ4v) is 6.10. The Bertz CT molecular complexity index is 965. The number of carbonyl (C=O) groups excluding carboxylic acids is 4. The highest BCUT2D eigenvalue weighted by atomic mass is 28.4. The second-order valence-corrected chi connectivity index (χ2v) is 19.9. The second kappa shape index (κ2) is 12.7. The van der Waals surface area contributed by atoms with Crippen molar-refractivity contribution in [2.75, 3.05) is 7.11 Å². The van der Waals surface area contributed by atoms with Crippen LogP contribution in [0.3, 0.4) is 0 Å². The third kappa shape index (κ3) is 9.00. The number of methoxy groups -OCH3 is 1. The van der Waals surface area contributed by atoms with Crippen LogP contribution in [0.5, 0.6) is 0 Å². The maximum absolute atomic E-state index is 13.3. The van der Waals surface area contributed by atoms with Crippen LogP contribution in [-0.2, 0) is 47.3 Å². The molecule has 0 aromatic heterocycles. The molecule has 5 atom stereocenters. The van der Waals surface area contributed by atoms with Gasteiger partial charge in [0.1, 0.15) is 0 Å². The van der Waals surface area contributed by atoms with Gasteiger partial charge in [0.05, 0.1) is 23.4 Å². The molecule has 1 fully saturated rings. The standard InChI is InChI=1S/C30H54O10Si/c1-17(2)30(12,13)41(15,16)40-23-21(39-26(34)29(9,10)11)19(38-25(33)28(6,7)8)18(20(36-23)22(31)35-14)37-24(32)27(3,4)5/h17-21,23H,1-16H3/t18-,19-,20+,21+,23?/m0/s1. The van der Waals surface area contributed by atoms with Gasteiger partial charge in [-0.1, -0.05) is 27.7 Å². The van der Waals surface area contributed by atoms with Gasteiger partial charge in [-0.2, -0.15) is 0 Å². The van der Waals surface area contributed by atoms with Crippen LogP contribution in [0.2, 0.25) is 18.1 Å². The first-order chi connectivity index (χ1) is 18.2. The van der Waals surface area contributed by atoms with Gasteiger partial charge in [0.25, 0.3) is 0 Å². The van der Waals surface area contributed by atoms with Gasteiger partial charge in [0.15, 0.2) is 39.0 Å². The molecule has 0 saturated carbocycles. The van der Waals surface area contributed by atoms with Crippen LogP contribution in [0.25, 0.3) is 0 Å². The summed E-state index contributed by atoms with van der Waals surface area (Å²) < 4.78 is 35.7. The number of ether oxygens (including phenoxy) is 5. The topological polar surface area (TPSA) is 124 Å². The summed E-state index contributed by atoms with van der Waals surface area (Å²) in [5.74, 6) is -2.58. The molecule has 1 aliphatic rings. The number of carbonyl (C=O) groups is 4. The second-order valence-electron chi connectivity index (χ2n) is 15.3. The Labute approximate surface area is 247 Å². The van der Waals surface area contributed by atoms with Gasteiger partial charge in [-0.25, -0.2) is 4.79 Å². The number of hydrogen-bond donors (Lipinski definition) is 0. The predicted octanol–water partition coefficient (Wildman–Crippen LogP) is 5.42. The third-order valence-electron chi connectivity index (χ3n) is 7.90. The molecule has 10 nitrogen and oxygen atoms in total. The lowest BCUT2D eigenvalue weighted by Crippen LogP contribution is -2.66. The largest absolute Gasteiger partial charge is 0.467 e. The maximum Gasteiger partial charge on any atom is 0.339 e. The lowest BCUT2D eigenvalue weighted by Gasteiger charge is -2.49. The first kappa shape index (κ1) is 37.0. The van der Waals surface area contributed by atoms with Crippen LogP contribution in [0.4, 0.5) is 0 Å². The highest BCUT2D eigenvalue weighted by Gasteiger charge is 2.59. The lowest BCUT2D eigenvalue weighted by atomic mass is 9.93. The van der Waals surface area contributed by atoms with Gasteiger partial charge in [0, 0.05) is 0 Å². The van der Waals surface area contributed by atoms with E-state index in [4.69, 9.17) is 28.1 Å². The van der Waals surface area contributed by atoms with E-state index in [0.717, 1.165) is 0 Å². The van der Waals surface area contributed by atoms with Crippen LogP contribution < -0.4 is 0 Å². The molecule has 41 heavy (non-hydrogen) atoms. The quantitative estimate of drug-likeness (QED) is 0.202. The van der Waals surface area contributed by atoms with E-state index in [9.17, 15) is 19.2 Å². The van der Waals surface area contributed by atoms with Crippen molar-refractivity contribution in [3.8, 4) is 0 Å². The van der Waals surface area contributed by atoms with Gasteiger partial charge >= 0.3 is 23.9 Å². The van der Waals surface area contributed by atoms with Crippen molar-refractivity contribution >= 4 is 32.2 Å². The molecule has 0 radical (unpaired) electrons. The van der Waals surface area contributed by atoms with E-state index in [1.165, 1.54) is 7.11 Å². The molecule has 0 N–H and O–H groups in total. The molecule has 0 amide bonds. The number of hydrogen-bond acceptors (Lipinski definition) is 10. The fourth-order valence-electron chi connectivity index (χ4n) is 3.64. The molecule has 1 saturated heterocycles. The molecule has 238 valence electrons. The minimum Gasteiger partial charge on any atom is -0.467 e. The normalized spacial score (nSPS) is 24.5. The van der Waals surface area contributed by atoms with Gasteiger partial charge in [-0.15, -0.1) is 0 Å². The lowest BCUT2D eigenvalue weighted by molar-refractivity contribution is -0.290. The van der Waals surface area contributed by atoms with Crippen LogP contribution in [0, 0.1) is 22.2 Å². The van der Waals surface area contributed by atoms with E-state index in [1.807, 2.05) is 13.1 Å². The summed E-state index contributed by atoms with van der Waals surface area (Å²) in [6.07, 6.45) is -7.13. The fraction of sp³-hybridized carbons (Fsp3) is 0.867. The van der Waals surface area contributed by atoms with Crippen molar-refractivity contribution in [2.24, 2.45) is 22.2 Å². The molecule has 0 aliphatic carbocycles. The summed E-state index contributed by atoms with van der Waals surface area (Å²) in [7, 11) is -1.53. The first-order valence-corrected chi connectivity index (χ1v) is 17.1. The zero-order valence-electron chi connectivity index (χ0n) is 28.0. The summed E-state index contributed by atoms with van der Waals surface area (Å²) >= 11 is 0. The Balaban J connectivity index is 3.91. The monoisotopic (exact) mass is 602 g/mol. The van der Waals surface area contributed by atoms with Crippen molar-refractivity contribution in [3.63, 3.8) is 0 Å². The minimum absolute atomic E-state index is 0.217. The summed E-state index contributed by atoms with van der Waals surface area (Å²) in [6, 6.07) is 0. The van der Waals surface area contributed by atoms with Crippen LogP contribution in [0.15, 0.2) is 0 Å². The Hall–Kier alpha value is -1.98. The smallest absolute Gasteiger partial charge is 0.339 e. The van der Waals surface area contributed by atoms with E-state index in [2.05, 4.69) is 27.7 Å². The van der Waals surface area contributed by atoms with Crippen LogP contribution >= 0.6 is 0 Å². The van der Waals surface area contributed by atoms with Crippen LogP contribution in [0.1, 0.15) is 90.0 Å². The molecule has 0 bridgehead atoms. The Morgan fingerprint density at radius 2 is 1.02 bits per heavy atom. The first-order valence-electron chi connectivity index (χ1n) is 14.2. The average molecular weight is 603 g/mol. The van der Waals surface area contributed by atoms with Crippen molar-refractivity contribution in [3.05, 3.63) is 0 Å². The third-order valence-corrected chi connectivity index (χ3v) is 12.4. The summed E-state index contributed by atoms with van der Waals surface area (Å²) in [5, 5.41) is -0.289. The maximum atomic E-state index is 13.3. The van der Waals surface area contributed by atoms with E-state index < -0.39 is 79.1 Å². The van der Waals surface area contributed by atoms with Crippen molar-refractivity contribution in [1.82, 2.24) is 0 Å². The summed E-state index contributed by atoms with van der Waals surface area (Å²) in [6.45, 7) is 27.3. The van der Waals surface area contributed by atoms with E-state index in [1.54, 1.807) is 62.3 Å². The molecule has 1 rings (SSSR count). The molecule has 1 unspecified atom stereocenters. The predicted molar refractivity (Wildman–Crippen MR) is 156 cm³/mol. The summed E-state index contributed by atoms with van der Waals surface area (Å²) in [5.41, 5.74) is -2.88. The highest BCUT2D eigenvalue weighted by Crippen LogP contribution is 2.46. The molecular weight excluding hydrogens is 548 g/mol. The SMILES string of the molecule is COC(=O)[C@@H]1OC(O[Si](C)(C)C(C)(C)C(C)C)[C@H](OC(=O)C(C)(C)C)[C@@H](OC(=O)C(C)(C)C)[C@@H]1OC(=O)C(C)(C)C. The Morgan fingerprint density at radius 1 is 0.659 bits per heavy atom. The average Bonchev–Trinajstić information content (AvgIpc) is 2.79. The molecule has 0 aromatic rings. The van der Waals surface area contributed by atoms with Gasteiger partial charge < -0.3 is 28.1 Å². The molecular formula is C30H54O10Si. The van der Waals surface area contributed by atoms with Crippen molar-refractivity contribution in [2.45, 2.75) is 139 Å². The van der Waals surface area contributed by atoms with Gasteiger partial charge in [0.2, 0.25) is 0 Å². The Morgan fingerprint density at radius 3 is 1.37 bits per heavy atom. The van der Waals surface area contributed by atoms with Crippen molar-refractivity contribution < 1.29 is 47.3 Å². The van der Waals surface area contributed by atoms with Gasteiger partial charge in [-0.05, 0) is 86.4 Å². The number of rotatable bonds is 8. The van der Waals surface area contributed by atoms with Crippen molar-refractivity contribution in [1.29, 1.82) is 0 Å². The number of esters is 4. The van der Waals surface area contributed by atoms with E-state index in [0.29, 0.717) is 0 Å². The highest BCUT2D eigenvalue weighted by molar-refractivity contribution is 6.74.